The van der Waals surface area contributed by atoms with Crippen LogP contribution in [0.15, 0.2) is 36.0 Å². The molecule has 0 aromatic rings. The van der Waals surface area contributed by atoms with E-state index in [-0.39, 0.29) is 55.3 Å². The van der Waals surface area contributed by atoms with E-state index in [2.05, 4.69) is 36.0 Å². The number of aliphatic hydroxyl groups excluding tert-OH is 2. The minimum atomic E-state index is -1.49. The summed E-state index contributed by atoms with van der Waals surface area (Å²) in [7, 11) is 3.82. The van der Waals surface area contributed by atoms with E-state index in [1.54, 1.807) is 26.2 Å². The molecule has 12 heteroatoms. The van der Waals surface area contributed by atoms with E-state index in [0.29, 0.717) is 6.54 Å². The molecule has 3 aliphatic heterocycles. The van der Waals surface area contributed by atoms with Crippen molar-refractivity contribution in [3.63, 3.8) is 0 Å². The summed E-state index contributed by atoms with van der Waals surface area (Å²) in [6.07, 6.45) is 6.45. The molecule has 2 saturated heterocycles. The zero-order chi connectivity index (χ0) is 37.0. The number of alkyl carbamates (subject to hydrolysis) is 1. The summed E-state index contributed by atoms with van der Waals surface area (Å²) >= 11 is 0. The number of epoxide rings is 1. The van der Waals surface area contributed by atoms with Gasteiger partial charge in [0.2, 0.25) is 0 Å². The average molecular weight is 708 g/mol. The maximum atomic E-state index is 12.9. The van der Waals surface area contributed by atoms with Gasteiger partial charge in [-0.2, -0.15) is 0 Å². The van der Waals surface area contributed by atoms with Crippen LogP contribution in [-0.2, 0) is 23.7 Å². The molecule has 11 atom stereocenters. The summed E-state index contributed by atoms with van der Waals surface area (Å²) in [6, 6.07) is 0. The van der Waals surface area contributed by atoms with Gasteiger partial charge in [0.1, 0.15) is 17.8 Å². The van der Waals surface area contributed by atoms with Gasteiger partial charge in [0, 0.05) is 57.6 Å². The molecule has 3 heterocycles. The Morgan fingerprint density at radius 2 is 1.90 bits per heavy atom. The fraction of sp³-hybridized carbons (Fsp3) is 0.789. The molecule has 50 heavy (non-hydrogen) atoms. The van der Waals surface area contributed by atoms with Crippen molar-refractivity contribution in [3.8, 4) is 0 Å². The highest BCUT2D eigenvalue weighted by atomic mass is 16.6. The van der Waals surface area contributed by atoms with Crippen LogP contribution in [0, 0.1) is 17.8 Å². The highest BCUT2D eigenvalue weighted by Crippen LogP contribution is 2.37. The number of likely N-dealkylation sites (N-methyl/N-ethyl adjacent to an activating group) is 1. The van der Waals surface area contributed by atoms with Crippen molar-refractivity contribution in [3.05, 3.63) is 36.0 Å². The molecule has 12 nitrogen and oxygen atoms in total. The Kier molecular flexibility index (Phi) is 16.9. The van der Waals surface area contributed by atoms with Gasteiger partial charge in [0.15, 0.2) is 6.10 Å². The summed E-state index contributed by atoms with van der Waals surface area (Å²) in [5.41, 5.74) is -0.733. The number of ether oxygens (including phenoxy) is 4. The highest BCUT2D eigenvalue weighted by Gasteiger charge is 2.50. The van der Waals surface area contributed by atoms with E-state index in [9.17, 15) is 24.9 Å². The number of nitrogens with zero attached hydrogens (tertiary/aromatic N) is 2. The number of allylic oxidation sites excluding steroid dienone is 2. The SMILES string of the molecule is CCC(OC)C(C)C1OC1C(O)C(C)/C=C/C=C(\C)C1OC(=O)CC(O)CCC(C)(O)C(OC(=O)NCCCN2CCN(C)CC2)/C=C/C1C. The molecule has 3 rings (SSSR count). The number of amides is 1. The maximum absolute atomic E-state index is 12.9. The lowest BCUT2D eigenvalue weighted by Gasteiger charge is -2.33. The fourth-order valence-electron chi connectivity index (χ4n) is 6.86. The summed E-state index contributed by atoms with van der Waals surface area (Å²) in [6.45, 7) is 16.8. The van der Waals surface area contributed by atoms with Gasteiger partial charge < -0.3 is 49.4 Å². The largest absolute Gasteiger partial charge is 0.457 e. The van der Waals surface area contributed by atoms with Crippen LogP contribution >= 0.6 is 0 Å². The molecule has 0 bridgehead atoms. The minimum Gasteiger partial charge on any atom is -0.457 e. The molecule has 2 fully saturated rings. The van der Waals surface area contributed by atoms with E-state index in [1.807, 2.05) is 39.0 Å². The summed E-state index contributed by atoms with van der Waals surface area (Å²) < 4.78 is 23.0. The number of aliphatic hydroxyl groups is 3. The maximum Gasteiger partial charge on any atom is 0.407 e. The van der Waals surface area contributed by atoms with Crippen molar-refractivity contribution in [1.29, 1.82) is 0 Å². The molecule has 0 radical (unpaired) electrons. The minimum absolute atomic E-state index is 0.0477. The van der Waals surface area contributed by atoms with Crippen LogP contribution in [0.5, 0.6) is 0 Å². The monoisotopic (exact) mass is 707 g/mol. The molecule has 286 valence electrons. The van der Waals surface area contributed by atoms with Crippen molar-refractivity contribution in [2.45, 2.75) is 122 Å². The molecule has 0 aliphatic carbocycles. The first-order valence-corrected chi connectivity index (χ1v) is 18.5. The van der Waals surface area contributed by atoms with Gasteiger partial charge >= 0.3 is 12.1 Å². The van der Waals surface area contributed by atoms with Gasteiger partial charge in [-0.25, -0.2) is 4.79 Å². The second kappa shape index (κ2) is 20.1. The van der Waals surface area contributed by atoms with E-state index < -0.39 is 42.1 Å². The number of rotatable bonds is 14. The number of methoxy groups -OCH3 is 1. The predicted octanol–water partition coefficient (Wildman–Crippen LogP) is 3.45. The van der Waals surface area contributed by atoms with Crippen LogP contribution in [0.2, 0.25) is 0 Å². The molecule has 11 unspecified atom stereocenters. The lowest BCUT2D eigenvalue weighted by molar-refractivity contribution is -0.151. The van der Waals surface area contributed by atoms with E-state index in [0.717, 1.165) is 51.1 Å². The Morgan fingerprint density at radius 1 is 1.20 bits per heavy atom. The van der Waals surface area contributed by atoms with Crippen LogP contribution in [-0.4, -0.2) is 139 Å². The standard InChI is InChI=1S/C38H65N3O9/c1-9-30(47-8)28(5)35-36(50-35)33(44)25(2)12-10-13-26(3)34-27(4)14-15-31(38(6,46)17-16-29(42)24-32(43)49-34)48-37(45)39-18-11-19-41-22-20-40(7)21-23-41/h10,12-15,25,27-31,33-36,42,44,46H,9,11,16-24H2,1-8H3,(H,39,45)/b12-10+,15-14+,26-13+. The average Bonchev–Trinajstić information content (AvgIpc) is 3.88. The third kappa shape index (κ3) is 13.0. The Hall–Kier alpha value is -2.32. The highest BCUT2D eigenvalue weighted by molar-refractivity contribution is 5.70. The van der Waals surface area contributed by atoms with Crippen LogP contribution in [0.25, 0.3) is 0 Å². The van der Waals surface area contributed by atoms with E-state index in [4.69, 9.17) is 18.9 Å². The quantitative estimate of drug-likeness (QED) is 0.0691. The molecule has 0 saturated carbocycles. The molecule has 4 N–H and O–H groups in total. The summed E-state index contributed by atoms with van der Waals surface area (Å²) in [5.74, 6) is -0.911. The molecular weight excluding hydrogens is 642 g/mol. The van der Waals surface area contributed by atoms with Crippen LogP contribution in [0.3, 0.4) is 0 Å². The van der Waals surface area contributed by atoms with Crippen molar-refractivity contribution in [2.75, 3.05) is 53.4 Å². The van der Waals surface area contributed by atoms with Gasteiger partial charge in [-0.3, -0.25) is 4.79 Å². The lowest BCUT2D eigenvalue weighted by Crippen LogP contribution is -2.46. The Morgan fingerprint density at radius 3 is 2.56 bits per heavy atom. The normalized spacial score (nSPS) is 33.7. The molecule has 0 spiro atoms. The topological polar surface area (TPSA) is 154 Å². The molecular formula is C38H65N3O9. The first-order chi connectivity index (χ1) is 23.7. The van der Waals surface area contributed by atoms with Crippen molar-refractivity contribution in [1.82, 2.24) is 15.1 Å². The van der Waals surface area contributed by atoms with Gasteiger partial charge in [0.05, 0.1) is 30.8 Å². The van der Waals surface area contributed by atoms with Crippen molar-refractivity contribution < 1.29 is 43.9 Å². The Labute approximate surface area is 299 Å². The molecule has 1 amide bonds. The van der Waals surface area contributed by atoms with E-state index >= 15 is 0 Å². The molecule has 0 aromatic carbocycles. The molecule has 0 aromatic heterocycles. The number of hydrogen-bond acceptors (Lipinski definition) is 11. The first kappa shape index (κ1) is 42.1. The zero-order valence-corrected chi connectivity index (χ0v) is 31.6. The second-order valence-corrected chi connectivity index (χ2v) is 14.9. The second-order valence-electron chi connectivity index (χ2n) is 14.9. The number of cyclic esters (lactones) is 1. The number of hydrogen-bond donors (Lipinski definition) is 4. The number of piperazine rings is 1. The van der Waals surface area contributed by atoms with Gasteiger partial charge in [-0.15, -0.1) is 0 Å². The Bertz CT molecular complexity index is 1150. The number of carbonyl (C=O) groups excluding carboxylic acids is 2. The third-order valence-corrected chi connectivity index (χ3v) is 10.5. The van der Waals surface area contributed by atoms with Gasteiger partial charge in [-0.1, -0.05) is 52.0 Å². The summed E-state index contributed by atoms with van der Waals surface area (Å²) in [4.78, 5) is 30.4. The van der Waals surface area contributed by atoms with E-state index in [1.165, 1.54) is 0 Å². The lowest BCUT2D eigenvalue weighted by atomic mass is 9.88. The third-order valence-electron chi connectivity index (χ3n) is 10.5. The van der Waals surface area contributed by atoms with Crippen LogP contribution < -0.4 is 5.32 Å². The van der Waals surface area contributed by atoms with Crippen molar-refractivity contribution >= 4 is 12.1 Å². The smallest absolute Gasteiger partial charge is 0.407 e. The Balaban J connectivity index is 1.64. The number of carbonyl (C=O) groups is 2. The van der Waals surface area contributed by atoms with Gasteiger partial charge in [-0.05, 0) is 64.8 Å². The molecule has 3 aliphatic rings. The van der Waals surface area contributed by atoms with Crippen molar-refractivity contribution in [2.24, 2.45) is 17.8 Å². The summed E-state index contributed by atoms with van der Waals surface area (Å²) in [5, 5.41) is 35.8. The predicted molar refractivity (Wildman–Crippen MR) is 192 cm³/mol. The first-order valence-electron chi connectivity index (χ1n) is 18.5. The van der Waals surface area contributed by atoms with Crippen LogP contribution in [0.4, 0.5) is 4.79 Å². The number of esters is 1. The zero-order valence-electron chi connectivity index (χ0n) is 31.6. The number of nitrogens with one attached hydrogen (secondary N) is 1. The van der Waals surface area contributed by atoms with Gasteiger partial charge in [0.25, 0.3) is 0 Å². The fourth-order valence-corrected chi connectivity index (χ4v) is 6.86. The van der Waals surface area contributed by atoms with Crippen LogP contribution in [0.1, 0.15) is 73.6 Å².